The van der Waals surface area contributed by atoms with Crippen LogP contribution in [0.2, 0.25) is 0 Å². The Morgan fingerprint density at radius 3 is 2.20 bits per heavy atom. The zero-order chi connectivity index (χ0) is 18.4. The van der Waals surface area contributed by atoms with Crippen molar-refractivity contribution in [2.45, 2.75) is 12.7 Å². The summed E-state index contributed by atoms with van der Waals surface area (Å²) in [7, 11) is 3.38. The molecule has 1 amide bonds. The van der Waals surface area contributed by atoms with Crippen molar-refractivity contribution in [2.24, 2.45) is 0 Å². The molecule has 0 heterocycles. The summed E-state index contributed by atoms with van der Waals surface area (Å²) in [5, 5.41) is 2.59. The maximum Gasteiger partial charge on any atom is 0.416 e. The lowest BCUT2D eigenvalue weighted by molar-refractivity contribution is -0.137. The first-order chi connectivity index (χ1) is 11.8. The average Bonchev–Trinajstić information content (AvgIpc) is 2.55. The number of amides is 1. The Bertz CT molecular complexity index is 698. The van der Waals surface area contributed by atoms with Gasteiger partial charge in [0.2, 0.25) is 5.91 Å². The number of likely N-dealkylation sites (N-methyl/N-ethyl adjacent to an activating group) is 1. The van der Waals surface area contributed by atoms with Crippen molar-refractivity contribution in [3.05, 3.63) is 59.7 Å². The third-order valence-electron chi connectivity index (χ3n) is 3.52. The summed E-state index contributed by atoms with van der Waals surface area (Å²) in [6.07, 6.45) is -4.39. The van der Waals surface area contributed by atoms with Crippen molar-refractivity contribution in [1.82, 2.24) is 4.90 Å². The average molecular weight is 352 g/mol. The predicted molar refractivity (Wildman–Crippen MR) is 89.4 cm³/mol. The number of hydrogen-bond acceptors (Lipinski definition) is 3. The van der Waals surface area contributed by atoms with Gasteiger partial charge in [-0.15, -0.1) is 0 Å². The highest BCUT2D eigenvalue weighted by molar-refractivity contribution is 5.92. The van der Waals surface area contributed by atoms with E-state index in [9.17, 15) is 18.0 Å². The molecule has 0 aliphatic rings. The molecule has 25 heavy (non-hydrogen) atoms. The molecule has 134 valence electrons. The molecule has 0 fully saturated rings. The number of anilines is 1. The lowest BCUT2D eigenvalue weighted by atomic mass is 10.2. The van der Waals surface area contributed by atoms with Crippen molar-refractivity contribution in [3.63, 3.8) is 0 Å². The topological polar surface area (TPSA) is 41.6 Å². The molecule has 0 bridgehead atoms. The Morgan fingerprint density at radius 2 is 1.68 bits per heavy atom. The Kier molecular flexibility index (Phi) is 6.03. The second-order valence-corrected chi connectivity index (χ2v) is 5.64. The molecule has 0 aromatic heterocycles. The van der Waals surface area contributed by atoms with Crippen LogP contribution in [0.15, 0.2) is 48.5 Å². The largest absolute Gasteiger partial charge is 0.497 e. The van der Waals surface area contributed by atoms with E-state index in [0.29, 0.717) is 12.2 Å². The highest BCUT2D eigenvalue weighted by Crippen LogP contribution is 2.29. The van der Waals surface area contributed by atoms with Gasteiger partial charge in [-0.1, -0.05) is 12.1 Å². The maximum atomic E-state index is 12.5. The lowest BCUT2D eigenvalue weighted by Crippen LogP contribution is -2.29. The number of benzene rings is 2. The molecule has 2 aromatic carbocycles. The van der Waals surface area contributed by atoms with E-state index in [-0.39, 0.29) is 12.5 Å². The van der Waals surface area contributed by atoms with E-state index in [1.807, 2.05) is 24.3 Å². The van der Waals surface area contributed by atoms with Gasteiger partial charge in [-0.2, -0.15) is 13.2 Å². The number of nitrogens with zero attached hydrogens (tertiary/aromatic N) is 1. The van der Waals surface area contributed by atoms with Crippen molar-refractivity contribution in [1.29, 1.82) is 0 Å². The summed E-state index contributed by atoms with van der Waals surface area (Å²) in [5.74, 6) is 0.460. The Labute approximate surface area is 144 Å². The summed E-state index contributed by atoms with van der Waals surface area (Å²) in [6, 6.07) is 11.9. The Morgan fingerprint density at radius 1 is 1.08 bits per heavy atom. The molecule has 0 unspecified atom stereocenters. The van der Waals surface area contributed by atoms with Crippen LogP contribution in [0.25, 0.3) is 0 Å². The van der Waals surface area contributed by atoms with Gasteiger partial charge in [0.25, 0.3) is 0 Å². The molecule has 2 rings (SSSR count). The highest BCUT2D eigenvalue weighted by Gasteiger charge is 2.29. The minimum atomic E-state index is -4.39. The SMILES string of the molecule is COc1ccc(CN(C)CC(=O)Nc2ccc(C(F)(F)F)cc2)cc1. The third-order valence-corrected chi connectivity index (χ3v) is 3.52. The standard InChI is InChI=1S/C18H19F3N2O2/c1-23(11-13-3-9-16(25-2)10-4-13)12-17(24)22-15-7-5-14(6-8-15)18(19,20)21/h3-10H,11-12H2,1-2H3,(H,22,24). The monoisotopic (exact) mass is 352 g/mol. The maximum absolute atomic E-state index is 12.5. The molecule has 1 N–H and O–H groups in total. The second-order valence-electron chi connectivity index (χ2n) is 5.64. The minimum absolute atomic E-state index is 0.118. The van der Waals surface area contributed by atoms with E-state index in [1.54, 1.807) is 19.1 Å². The molecule has 0 aliphatic carbocycles. The molecular weight excluding hydrogens is 333 g/mol. The number of carbonyl (C=O) groups excluding carboxylic acids is 1. The van der Waals surface area contributed by atoms with Crippen LogP contribution >= 0.6 is 0 Å². The lowest BCUT2D eigenvalue weighted by Gasteiger charge is -2.17. The number of carbonyl (C=O) groups is 1. The number of ether oxygens (including phenoxy) is 1. The normalized spacial score (nSPS) is 11.4. The van der Waals surface area contributed by atoms with Crippen LogP contribution in [0, 0.1) is 0 Å². The number of rotatable bonds is 6. The highest BCUT2D eigenvalue weighted by atomic mass is 19.4. The van der Waals surface area contributed by atoms with Gasteiger partial charge < -0.3 is 10.1 Å². The molecule has 7 heteroatoms. The quantitative estimate of drug-likeness (QED) is 0.860. The molecular formula is C18H19F3N2O2. The Balaban J connectivity index is 1.86. The summed E-state index contributed by atoms with van der Waals surface area (Å²) >= 11 is 0. The van der Waals surface area contributed by atoms with Gasteiger partial charge in [-0.05, 0) is 49.0 Å². The Hall–Kier alpha value is -2.54. The van der Waals surface area contributed by atoms with Crippen molar-refractivity contribution in [3.8, 4) is 5.75 Å². The molecule has 0 saturated heterocycles. The van der Waals surface area contributed by atoms with E-state index in [1.165, 1.54) is 12.1 Å². The van der Waals surface area contributed by atoms with E-state index in [2.05, 4.69) is 5.32 Å². The zero-order valence-corrected chi connectivity index (χ0v) is 13.9. The van der Waals surface area contributed by atoms with Gasteiger partial charge in [0.1, 0.15) is 5.75 Å². The van der Waals surface area contributed by atoms with Crippen molar-refractivity contribution in [2.75, 3.05) is 26.0 Å². The molecule has 0 atom stereocenters. The number of alkyl halides is 3. The molecule has 0 saturated carbocycles. The van der Waals surface area contributed by atoms with Gasteiger partial charge in [-0.3, -0.25) is 9.69 Å². The van der Waals surface area contributed by atoms with Crippen LogP contribution in [0.3, 0.4) is 0 Å². The molecule has 4 nitrogen and oxygen atoms in total. The number of halogens is 3. The smallest absolute Gasteiger partial charge is 0.416 e. The molecule has 2 aromatic rings. The first-order valence-corrected chi connectivity index (χ1v) is 7.56. The second kappa shape index (κ2) is 8.02. The van der Waals surface area contributed by atoms with Crippen molar-refractivity contribution >= 4 is 11.6 Å². The van der Waals surface area contributed by atoms with E-state index in [4.69, 9.17) is 4.74 Å². The van der Waals surface area contributed by atoms with Crippen LogP contribution in [-0.2, 0) is 17.5 Å². The number of nitrogens with one attached hydrogen (secondary N) is 1. The van der Waals surface area contributed by atoms with Crippen LogP contribution in [0.5, 0.6) is 5.75 Å². The number of hydrogen-bond donors (Lipinski definition) is 1. The summed E-state index contributed by atoms with van der Waals surface area (Å²) in [4.78, 5) is 13.8. The van der Waals surface area contributed by atoms with Gasteiger partial charge in [0.15, 0.2) is 0 Å². The fourth-order valence-electron chi connectivity index (χ4n) is 2.29. The predicted octanol–water partition coefficient (Wildman–Crippen LogP) is 3.78. The third kappa shape index (κ3) is 5.79. The van der Waals surface area contributed by atoms with Crippen molar-refractivity contribution < 1.29 is 22.7 Å². The van der Waals surface area contributed by atoms with Gasteiger partial charge >= 0.3 is 6.18 Å². The van der Waals surface area contributed by atoms with Crippen LogP contribution < -0.4 is 10.1 Å². The van der Waals surface area contributed by atoms with Crippen LogP contribution in [-0.4, -0.2) is 31.5 Å². The van der Waals surface area contributed by atoms with Crippen LogP contribution in [0.1, 0.15) is 11.1 Å². The molecule has 0 radical (unpaired) electrons. The summed E-state index contributed by atoms with van der Waals surface area (Å²) in [5.41, 5.74) is 0.601. The zero-order valence-electron chi connectivity index (χ0n) is 13.9. The van der Waals surface area contributed by atoms with Gasteiger partial charge in [-0.25, -0.2) is 0 Å². The fourth-order valence-corrected chi connectivity index (χ4v) is 2.29. The van der Waals surface area contributed by atoms with Crippen LogP contribution in [0.4, 0.5) is 18.9 Å². The van der Waals surface area contributed by atoms with E-state index < -0.39 is 11.7 Å². The first kappa shape index (κ1) is 18.8. The summed E-state index contributed by atoms with van der Waals surface area (Å²) in [6.45, 7) is 0.678. The molecule has 0 aliphatic heterocycles. The van der Waals surface area contributed by atoms with Gasteiger partial charge in [0.05, 0.1) is 19.2 Å². The van der Waals surface area contributed by atoms with E-state index in [0.717, 1.165) is 23.4 Å². The van der Waals surface area contributed by atoms with Gasteiger partial charge in [0, 0.05) is 12.2 Å². The fraction of sp³-hybridized carbons (Fsp3) is 0.278. The summed E-state index contributed by atoms with van der Waals surface area (Å²) < 4.78 is 42.6. The molecule has 0 spiro atoms. The minimum Gasteiger partial charge on any atom is -0.497 e. The van der Waals surface area contributed by atoms with E-state index >= 15 is 0 Å². The number of methoxy groups -OCH3 is 1. The first-order valence-electron chi connectivity index (χ1n) is 7.56.